The standard InChI is InChI=1S/C10H19N/c1-8(2)6-10(11)7-9-4-3-5-9/h9-10H,1,3-7,11H2,2H3. The molecule has 0 amide bonds. The lowest BCUT2D eigenvalue weighted by atomic mass is 9.80. The van der Waals surface area contributed by atoms with Crippen molar-refractivity contribution in [2.24, 2.45) is 11.7 Å². The quantitative estimate of drug-likeness (QED) is 0.617. The molecule has 1 aliphatic carbocycles. The maximum absolute atomic E-state index is 5.92. The van der Waals surface area contributed by atoms with E-state index in [4.69, 9.17) is 5.73 Å². The molecule has 2 N–H and O–H groups in total. The first kappa shape index (κ1) is 8.79. The minimum Gasteiger partial charge on any atom is -0.327 e. The van der Waals surface area contributed by atoms with Crippen LogP contribution in [0.25, 0.3) is 0 Å². The van der Waals surface area contributed by atoms with Crippen molar-refractivity contribution in [1.82, 2.24) is 0 Å². The molecule has 1 nitrogen and oxygen atoms in total. The van der Waals surface area contributed by atoms with Gasteiger partial charge in [-0.2, -0.15) is 0 Å². The summed E-state index contributed by atoms with van der Waals surface area (Å²) < 4.78 is 0. The number of hydrogen-bond donors (Lipinski definition) is 1. The SMILES string of the molecule is C=C(C)CC(N)CC1CCC1. The minimum absolute atomic E-state index is 0.373. The van der Waals surface area contributed by atoms with E-state index < -0.39 is 0 Å². The van der Waals surface area contributed by atoms with Crippen LogP contribution in [0, 0.1) is 5.92 Å². The number of nitrogens with two attached hydrogens (primary N) is 1. The van der Waals surface area contributed by atoms with E-state index >= 15 is 0 Å². The molecule has 0 aromatic heterocycles. The lowest BCUT2D eigenvalue weighted by Gasteiger charge is -2.28. The summed E-state index contributed by atoms with van der Waals surface area (Å²) in [4.78, 5) is 0. The average molecular weight is 153 g/mol. The van der Waals surface area contributed by atoms with E-state index in [0.29, 0.717) is 6.04 Å². The molecule has 0 aliphatic heterocycles. The molecular formula is C10H19N. The second-order valence-electron chi connectivity index (χ2n) is 3.95. The van der Waals surface area contributed by atoms with Gasteiger partial charge < -0.3 is 5.73 Å². The van der Waals surface area contributed by atoms with Crippen LogP contribution in [0.5, 0.6) is 0 Å². The van der Waals surface area contributed by atoms with E-state index in [1.54, 1.807) is 0 Å². The third-order valence-electron chi connectivity index (χ3n) is 2.47. The zero-order valence-corrected chi connectivity index (χ0v) is 7.47. The topological polar surface area (TPSA) is 26.0 Å². The van der Waals surface area contributed by atoms with Crippen molar-refractivity contribution in [3.63, 3.8) is 0 Å². The molecule has 0 heterocycles. The summed E-state index contributed by atoms with van der Waals surface area (Å²) in [6.45, 7) is 5.92. The Kier molecular flexibility index (Phi) is 3.13. The van der Waals surface area contributed by atoms with Gasteiger partial charge in [-0.3, -0.25) is 0 Å². The lowest BCUT2D eigenvalue weighted by Crippen LogP contribution is -2.26. The molecule has 1 rings (SSSR count). The van der Waals surface area contributed by atoms with Crippen molar-refractivity contribution in [2.75, 3.05) is 0 Å². The van der Waals surface area contributed by atoms with Gasteiger partial charge in [0.2, 0.25) is 0 Å². The number of rotatable bonds is 4. The zero-order valence-electron chi connectivity index (χ0n) is 7.47. The third kappa shape index (κ3) is 3.06. The Morgan fingerprint density at radius 2 is 2.27 bits per heavy atom. The first-order chi connectivity index (χ1) is 5.18. The summed E-state index contributed by atoms with van der Waals surface area (Å²) >= 11 is 0. The van der Waals surface area contributed by atoms with Crippen LogP contribution in [0.15, 0.2) is 12.2 Å². The van der Waals surface area contributed by atoms with Crippen molar-refractivity contribution in [3.05, 3.63) is 12.2 Å². The van der Waals surface area contributed by atoms with E-state index in [1.165, 1.54) is 31.3 Å². The van der Waals surface area contributed by atoms with E-state index in [1.807, 2.05) is 0 Å². The molecule has 0 saturated heterocycles. The second-order valence-corrected chi connectivity index (χ2v) is 3.95. The predicted molar refractivity (Wildman–Crippen MR) is 49.4 cm³/mol. The molecule has 1 unspecified atom stereocenters. The first-order valence-electron chi connectivity index (χ1n) is 4.58. The molecule has 0 spiro atoms. The molecule has 0 aromatic rings. The fourth-order valence-electron chi connectivity index (χ4n) is 1.69. The van der Waals surface area contributed by atoms with Crippen LogP contribution < -0.4 is 5.73 Å². The van der Waals surface area contributed by atoms with Gasteiger partial charge in [0.15, 0.2) is 0 Å². The highest BCUT2D eigenvalue weighted by Gasteiger charge is 2.19. The molecular weight excluding hydrogens is 134 g/mol. The summed E-state index contributed by atoms with van der Waals surface area (Å²) in [5, 5.41) is 0. The smallest absolute Gasteiger partial charge is 0.00785 e. The Morgan fingerprint density at radius 3 is 2.64 bits per heavy atom. The molecule has 64 valence electrons. The molecule has 1 heteroatoms. The van der Waals surface area contributed by atoms with Gasteiger partial charge in [0.05, 0.1) is 0 Å². The van der Waals surface area contributed by atoms with Crippen molar-refractivity contribution >= 4 is 0 Å². The molecule has 0 aromatic carbocycles. The van der Waals surface area contributed by atoms with Crippen molar-refractivity contribution < 1.29 is 0 Å². The van der Waals surface area contributed by atoms with E-state index in [0.717, 1.165) is 12.3 Å². The zero-order chi connectivity index (χ0) is 8.27. The van der Waals surface area contributed by atoms with Gasteiger partial charge in [0, 0.05) is 6.04 Å². The van der Waals surface area contributed by atoms with Crippen LogP contribution in [0.1, 0.15) is 39.0 Å². The first-order valence-corrected chi connectivity index (χ1v) is 4.58. The average Bonchev–Trinajstić information content (AvgIpc) is 1.77. The highest BCUT2D eigenvalue weighted by molar-refractivity contribution is 4.92. The predicted octanol–water partition coefficient (Wildman–Crippen LogP) is 2.47. The molecule has 1 saturated carbocycles. The van der Waals surface area contributed by atoms with Crippen LogP contribution in [-0.2, 0) is 0 Å². The van der Waals surface area contributed by atoms with E-state index in [2.05, 4.69) is 13.5 Å². The Hall–Kier alpha value is -0.300. The third-order valence-corrected chi connectivity index (χ3v) is 2.47. The number of hydrogen-bond acceptors (Lipinski definition) is 1. The largest absolute Gasteiger partial charge is 0.327 e. The Balaban J connectivity index is 2.09. The van der Waals surface area contributed by atoms with Crippen LogP contribution >= 0.6 is 0 Å². The monoisotopic (exact) mass is 153 g/mol. The van der Waals surface area contributed by atoms with Crippen molar-refractivity contribution in [3.8, 4) is 0 Å². The molecule has 11 heavy (non-hydrogen) atoms. The summed E-state index contributed by atoms with van der Waals surface area (Å²) in [6.07, 6.45) is 6.46. The Labute approximate surface area is 69.7 Å². The van der Waals surface area contributed by atoms with Gasteiger partial charge in [-0.25, -0.2) is 0 Å². The van der Waals surface area contributed by atoms with Crippen LogP contribution in [0.4, 0.5) is 0 Å². The Morgan fingerprint density at radius 1 is 1.64 bits per heavy atom. The van der Waals surface area contributed by atoms with Crippen molar-refractivity contribution in [2.45, 2.75) is 45.1 Å². The van der Waals surface area contributed by atoms with Gasteiger partial charge in [-0.05, 0) is 25.7 Å². The molecule has 1 aliphatic rings. The van der Waals surface area contributed by atoms with Gasteiger partial charge in [0.1, 0.15) is 0 Å². The summed E-state index contributed by atoms with van der Waals surface area (Å²) in [6, 6.07) is 0.373. The fraction of sp³-hybridized carbons (Fsp3) is 0.800. The summed E-state index contributed by atoms with van der Waals surface area (Å²) in [5.74, 6) is 0.935. The van der Waals surface area contributed by atoms with Crippen LogP contribution in [-0.4, -0.2) is 6.04 Å². The fourth-order valence-corrected chi connectivity index (χ4v) is 1.69. The highest BCUT2D eigenvalue weighted by atomic mass is 14.6. The Bertz CT molecular complexity index is 136. The normalized spacial score (nSPS) is 20.9. The van der Waals surface area contributed by atoms with Crippen LogP contribution in [0.3, 0.4) is 0 Å². The molecule has 1 atom stereocenters. The summed E-state index contributed by atoms with van der Waals surface area (Å²) in [5.41, 5.74) is 7.14. The van der Waals surface area contributed by atoms with Gasteiger partial charge in [-0.1, -0.05) is 24.8 Å². The molecule has 0 bridgehead atoms. The maximum Gasteiger partial charge on any atom is 0.00785 e. The summed E-state index contributed by atoms with van der Waals surface area (Å²) in [7, 11) is 0. The van der Waals surface area contributed by atoms with Gasteiger partial charge >= 0.3 is 0 Å². The maximum atomic E-state index is 5.92. The van der Waals surface area contributed by atoms with Gasteiger partial charge in [0.25, 0.3) is 0 Å². The minimum atomic E-state index is 0.373. The van der Waals surface area contributed by atoms with Gasteiger partial charge in [-0.15, -0.1) is 6.58 Å². The molecule has 0 radical (unpaired) electrons. The second kappa shape index (κ2) is 3.91. The lowest BCUT2D eigenvalue weighted by molar-refractivity contribution is 0.275. The van der Waals surface area contributed by atoms with Crippen LogP contribution in [0.2, 0.25) is 0 Å². The van der Waals surface area contributed by atoms with E-state index in [9.17, 15) is 0 Å². The van der Waals surface area contributed by atoms with Crippen molar-refractivity contribution in [1.29, 1.82) is 0 Å². The molecule has 1 fully saturated rings. The highest BCUT2D eigenvalue weighted by Crippen LogP contribution is 2.30. The van der Waals surface area contributed by atoms with E-state index in [-0.39, 0.29) is 0 Å².